The Bertz CT molecular complexity index is 609. The second kappa shape index (κ2) is 7.44. The molecule has 0 bridgehead atoms. The molecule has 4 N–H and O–H groups in total. The van der Waals surface area contributed by atoms with Crippen molar-refractivity contribution in [3.05, 3.63) is 35.9 Å². The van der Waals surface area contributed by atoms with Crippen LogP contribution in [0, 0.1) is 0 Å². The van der Waals surface area contributed by atoms with Gasteiger partial charge in [0.1, 0.15) is 0 Å². The Morgan fingerprint density at radius 1 is 0.958 bits per heavy atom. The van der Waals surface area contributed by atoms with E-state index in [4.69, 9.17) is 10.2 Å². The number of amides is 1. The smallest absolute Gasteiger partial charge is 0.335 e. The zero-order chi connectivity index (χ0) is 17.7. The second-order valence-corrected chi connectivity index (χ2v) is 6.08. The molecular weight excluding hydrogens is 314 g/mol. The summed E-state index contributed by atoms with van der Waals surface area (Å²) in [5.74, 6) is -3.83. The zero-order valence-electron chi connectivity index (χ0n) is 13.1. The molecule has 1 fully saturated rings. The maximum absolute atomic E-state index is 12.9. The van der Waals surface area contributed by atoms with Crippen LogP contribution < -0.4 is 5.32 Å². The van der Waals surface area contributed by atoms with Crippen molar-refractivity contribution in [1.29, 1.82) is 0 Å². The van der Waals surface area contributed by atoms with Gasteiger partial charge in [0, 0.05) is 0 Å². The van der Waals surface area contributed by atoms with Crippen LogP contribution in [0.5, 0.6) is 0 Å². The van der Waals surface area contributed by atoms with E-state index >= 15 is 0 Å². The second-order valence-electron chi connectivity index (χ2n) is 6.08. The van der Waals surface area contributed by atoms with Gasteiger partial charge in [0.25, 0.3) is 0 Å². The number of carboxylic acids is 2. The Hall–Kier alpha value is -2.41. The standard InChI is InChI=1S/C17H21NO6/c19-13(15(22)23)12(14(20)21)18-16(24)17(9-5-2-6-10-17)11-7-3-1-4-8-11/h1,3-4,7-8,12-13,19H,2,5-6,9-10H2,(H,18,24)(H,20,21)(H,22,23). The van der Waals surface area contributed by atoms with Gasteiger partial charge in [-0.3, -0.25) is 4.79 Å². The minimum atomic E-state index is -2.21. The number of carbonyl (C=O) groups excluding carboxylic acids is 1. The third kappa shape index (κ3) is 3.56. The van der Waals surface area contributed by atoms with E-state index in [9.17, 15) is 19.5 Å². The van der Waals surface area contributed by atoms with Gasteiger partial charge in [-0.2, -0.15) is 0 Å². The van der Waals surface area contributed by atoms with Crippen LogP contribution >= 0.6 is 0 Å². The molecule has 2 unspecified atom stereocenters. The van der Waals surface area contributed by atoms with Gasteiger partial charge in [0.05, 0.1) is 5.41 Å². The van der Waals surface area contributed by atoms with Crippen LogP contribution in [0.2, 0.25) is 0 Å². The molecular formula is C17H21NO6. The normalized spacial score (nSPS) is 19.0. The summed E-state index contributed by atoms with van der Waals surface area (Å²) < 4.78 is 0. The summed E-state index contributed by atoms with van der Waals surface area (Å²) >= 11 is 0. The summed E-state index contributed by atoms with van der Waals surface area (Å²) in [5.41, 5.74) is -0.123. The largest absolute Gasteiger partial charge is 0.480 e. The summed E-state index contributed by atoms with van der Waals surface area (Å²) in [6.45, 7) is 0. The third-order valence-corrected chi connectivity index (χ3v) is 4.59. The van der Waals surface area contributed by atoms with Crippen LogP contribution in [0.25, 0.3) is 0 Å². The number of carboxylic acid groups (broad SMARTS) is 2. The number of hydrogen-bond acceptors (Lipinski definition) is 4. The summed E-state index contributed by atoms with van der Waals surface area (Å²) in [7, 11) is 0. The number of rotatable bonds is 6. The fraction of sp³-hybridized carbons (Fsp3) is 0.471. The first-order valence-electron chi connectivity index (χ1n) is 7.88. The van der Waals surface area contributed by atoms with Crippen molar-refractivity contribution in [2.45, 2.75) is 49.7 Å². The number of aliphatic hydroxyl groups excluding tert-OH is 1. The molecule has 0 aliphatic heterocycles. The van der Waals surface area contributed by atoms with E-state index in [1.54, 1.807) is 12.1 Å². The topological polar surface area (TPSA) is 124 Å². The molecule has 2 rings (SSSR count). The minimum absolute atomic E-state index is 0.554. The Labute approximate surface area is 139 Å². The van der Waals surface area contributed by atoms with Crippen LogP contribution in [-0.4, -0.2) is 45.3 Å². The molecule has 1 aliphatic carbocycles. The highest BCUT2D eigenvalue weighted by molar-refractivity contribution is 5.94. The highest BCUT2D eigenvalue weighted by Crippen LogP contribution is 2.39. The number of benzene rings is 1. The first-order valence-corrected chi connectivity index (χ1v) is 7.88. The molecule has 1 amide bonds. The van der Waals surface area contributed by atoms with Crippen molar-refractivity contribution in [2.24, 2.45) is 0 Å². The van der Waals surface area contributed by atoms with E-state index in [0.717, 1.165) is 24.8 Å². The van der Waals surface area contributed by atoms with Gasteiger partial charge < -0.3 is 20.6 Å². The average molecular weight is 335 g/mol. The van der Waals surface area contributed by atoms with Gasteiger partial charge in [-0.15, -0.1) is 0 Å². The maximum Gasteiger partial charge on any atom is 0.335 e. The summed E-state index contributed by atoms with van der Waals surface area (Å²) in [6, 6.07) is 7.17. The van der Waals surface area contributed by atoms with E-state index in [2.05, 4.69) is 5.32 Å². The first-order chi connectivity index (χ1) is 11.4. The highest BCUT2D eigenvalue weighted by atomic mass is 16.4. The van der Waals surface area contributed by atoms with E-state index in [0.29, 0.717) is 12.8 Å². The van der Waals surface area contributed by atoms with E-state index in [1.165, 1.54) is 0 Å². The Kier molecular flexibility index (Phi) is 5.56. The number of aliphatic carboxylic acids is 2. The molecule has 0 heterocycles. The molecule has 1 aliphatic rings. The summed E-state index contributed by atoms with van der Waals surface area (Å²) in [5, 5.41) is 29.8. The number of aliphatic hydroxyl groups is 1. The lowest BCUT2D eigenvalue weighted by Gasteiger charge is -2.37. The lowest BCUT2D eigenvalue weighted by atomic mass is 9.68. The molecule has 2 atom stereocenters. The molecule has 24 heavy (non-hydrogen) atoms. The van der Waals surface area contributed by atoms with Gasteiger partial charge in [0.2, 0.25) is 5.91 Å². The third-order valence-electron chi connectivity index (χ3n) is 4.59. The molecule has 1 aromatic carbocycles. The van der Waals surface area contributed by atoms with Crippen molar-refractivity contribution in [3.63, 3.8) is 0 Å². The van der Waals surface area contributed by atoms with E-state index in [-0.39, 0.29) is 0 Å². The number of nitrogens with one attached hydrogen (secondary N) is 1. The molecule has 0 saturated heterocycles. The quantitative estimate of drug-likeness (QED) is 0.612. The molecule has 7 heteroatoms. The van der Waals surface area contributed by atoms with Crippen molar-refractivity contribution in [3.8, 4) is 0 Å². The van der Waals surface area contributed by atoms with Gasteiger partial charge >= 0.3 is 11.9 Å². The van der Waals surface area contributed by atoms with Gasteiger partial charge in [-0.1, -0.05) is 49.6 Å². The maximum atomic E-state index is 12.9. The Morgan fingerprint density at radius 3 is 2.04 bits per heavy atom. The van der Waals surface area contributed by atoms with Crippen LogP contribution in [-0.2, 0) is 19.8 Å². The minimum Gasteiger partial charge on any atom is -0.480 e. The van der Waals surface area contributed by atoms with Crippen LogP contribution in [0.3, 0.4) is 0 Å². The lowest BCUT2D eigenvalue weighted by Crippen LogP contribution is -2.57. The highest BCUT2D eigenvalue weighted by Gasteiger charge is 2.44. The molecule has 7 nitrogen and oxygen atoms in total. The molecule has 0 radical (unpaired) electrons. The predicted molar refractivity (Wildman–Crippen MR) is 84.4 cm³/mol. The molecule has 1 aromatic rings. The fourth-order valence-electron chi connectivity index (χ4n) is 3.26. The molecule has 1 saturated carbocycles. The monoisotopic (exact) mass is 335 g/mol. The fourth-order valence-corrected chi connectivity index (χ4v) is 3.26. The first kappa shape index (κ1) is 17.9. The SMILES string of the molecule is O=C(O)C(O)C(NC(=O)C1(c2ccccc2)CCCCC1)C(=O)O. The van der Waals surface area contributed by atoms with Gasteiger partial charge in [-0.25, -0.2) is 9.59 Å². The van der Waals surface area contributed by atoms with Crippen LogP contribution in [0.15, 0.2) is 30.3 Å². The van der Waals surface area contributed by atoms with Gasteiger partial charge in [0.15, 0.2) is 12.1 Å². The number of hydrogen-bond donors (Lipinski definition) is 4. The molecule has 0 aromatic heterocycles. The van der Waals surface area contributed by atoms with E-state index < -0.39 is 35.4 Å². The molecule has 0 spiro atoms. The summed E-state index contributed by atoms with van der Waals surface area (Å²) in [4.78, 5) is 35.0. The van der Waals surface area contributed by atoms with Crippen molar-refractivity contribution < 1.29 is 29.7 Å². The Balaban J connectivity index is 2.31. The van der Waals surface area contributed by atoms with E-state index in [1.807, 2.05) is 18.2 Å². The number of carbonyl (C=O) groups is 3. The van der Waals surface area contributed by atoms with Crippen LogP contribution in [0.4, 0.5) is 0 Å². The van der Waals surface area contributed by atoms with Gasteiger partial charge in [-0.05, 0) is 18.4 Å². The Morgan fingerprint density at radius 2 is 1.54 bits per heavy atom. The predicted octanol–water partition coefficient (Wildman–Crippen LogP) is 0.903. The summed E-state index contributed by atoms with van der Waals surface area (Å²) in [6.07, 6.45) is 1.53. The van der Waals surface area contributed by atoms with Crippen molar-refractivity contribution in [2.75, 3.05) is 0 Å². The van der Waals surface area contributed by atoms with Crippen molar-refractivity contribution in [1.82, 2.24) is 5.32 Å². The van der Waals surface area contributed by atoms with Crippen molar-refractivity contribution >= 4 is 17.8 Å². The average Bonchev–Trinajstić information content (AvgIpc) is 2.59. The van der Waals surface area contributed by atoms with Crippen LogP contribution in [0.1, 0.15) is 37.7 Å². The zero-order valence-corrected chi connectivity index (χ0v) is 13.1. The lowest BCUT2D eigenvalue weighted by molar-refractivity contribution is -0.157. The molecule has 130 valence electrons.